The zero-order valence-corrected chi connectivity index (χ0v) is 12.0. The molecule has 0 amide bonds. The topological polar surface area (TPSA) is 60.2 Å². The monoisotopic (exact) mass is 309 g/mol. The van der Waals surface area contributed by atoms with E-state index in [0.29, 0.717) is 12.8 Å². The minimum atomic E-state index is -4.68. The third-order valence-electron chi connectivity index (χ3n) is 3.04. The number of alkyl halides is 3. The Labute approximate surface area is 116 Å². The SMILES string of the molecule is CCC(N)CCCS(=O)(=O)c1ccccc1C(F)(F)F. The number of hydrogen-bond acceptors (Lipinski definition) is 3. The molecule has 0 saturated carbocycles. The minimum Gasteiger partial charge on any atom is -0.328 e. The van der Waals surface area contributed by atoms with E-state index in [1.54, 1.807) is 0 Å². The lowest BCUT2D eigenvalue weighted by Gasteiger charge is -2.13. The maximum absolute atomic E-state index is 12.8. The highest BCUT2D eigenvalue weighted by molar-refractivity contribution is 7.91. The molecular weight excluding hydrogens is 291 g/mol. The number of hydrogen-bond donors (Lipinski definition) is 1. The second kappa shape index (κ2) is 6.58. The van der Waals surface area contributed by atoms with Crippen LogP contribution >= 0.6 is 0 Å². The van der Waals surface area contributed by atoms with Crippen LogP contribution in [-0.4, -0.2) is 20.2 Å². The lowest BCUT2D eigenvalue weighted by atomic mass is 10.1. The van der Waals surface area contributed by atoms with Crippen LogP contribution in [0.3, 0.4) is 0 Å². The Morgan fingerprint density at radius 3 is 2.40 bits per heavy atom. The van der Waals surface area contributed by atoms with Gasteiger partial charge in [0.15, 0.2) is 9.84 Å². The summed E-state index contributed by atoms with van der Waals surface area (Å²) in [7, 11) is -3.95. The minimum absolute atomic E-state index is 0.122. The molecule has 0 fully saturated rings. The smallest absolute Gasteiger partial charge is 0.328 e. The first kappa shape index (κ1) is 17.0. The van der Waals surface area contributed by atoms with Crippen molar-refractivity contribution >= 4 is 9.84 Å². The van der Waals surface area contributed by atoms with Gasteiger partial charge in [0.05, 0.1) is 16.2 Å². The summed E-state index contributed by atoms with van der Waals surface area (Å²) in [4.78, 5) is -0.655. The molecule has 20 heavy (non-hydrogen) atoms. The van der Waals surface area contributed by atoms with Crippen LogP contribution < -0.4 is 5.73 Å². The molecule has 0 heterocycles. The van der Waals surface area contributed by atoms with E-state index in [9.17, 15) is 21.6 Å². The fraction of sp³-hybridized carbons (Fsp3) is 0.538. The number of nitrogens with two attached hydrogens (primary N) is 1. The van der Waals surface area contributed by atoms with E-state index >= 15 is 0 Å². The van der Waals surface area contributed by atoms with Crippen LogP contribution in [0.2, 0.25) is 0 Å². The van der Waals surface area contributed by atoms with Crippen molar-refractivity contribution < 1.29 is 21.6 Å². The van der Waals surface area contributed by atoms with Gasteiger partial charge in [-0.05, 0) is 31.4 Å². The van der Waals surface area contributed by atoms with Gasteiger partial charge >= 0.3 is 6.18 Å². The Kier molecular flexibility index (Phi) is 5.59. The maximum atomic E-state index is 12.8. The van der Waals surface area contributed by atoms with Crippen LogP contribution in [-0.2, 0) is 16.0 Å². The molecule has 3 nitrogen and oxygen atoms in total. The molecule has 114 valence electrons. The normalized spacial score (nSPS) is 14.2. The third-order valence-corrected chi connectivity index (χ3v) is 4.89. The summed E-state index contributed by atoms with van der Waals surface area (Å²) in [6.45, 7) is 1.87. The summed E-state index contributed by atoms with van der Waals surface area (Å²) in [5, 5.41) is 0. The van der Waals surface area contributed by atoms with Gasteiger partial charge in [-0.3, -0.25) is 0 Å². The fourth-order valence-corrected chi connectivity index (χ4v) is 3.39. The van der Waals surface area contributed by atoms with Gasteiger partial charge in [-0.15, -0.1) is 0 Å². The lowest BCUT2D eigenvalue weighted by Crippen LogP contribution is -2.20. The first-order valence-electron chi connectivity index (χ1n) is 6.33. The van der Waals surface area contributed by atoms with E-state index in [2.05, 4.69) is 0 Å². The molecule has 1 rings (SSSR count). The van der Waals surface area contributed by atoms with Crippen LogP contribution in [0.1, 0.15) is 31.7 Å². The van der Waals surface area contributed by atoms with Crippen LogP contribution in [0.15, 0.2) is 29.2 Å². The van der Waals surface area contributed by atoms with E-state index < -0.39 is 26.5 Å². The van der Waals surface area contributed by atoms with Crippen LogP contribution in [0.5, 0.6) is 0 Å². The first-order valence-corrected chi connectivity index (χ1v) is 7.98. The highest BCUT2D eigenvalue weighted by Crippen LogP contribution is 2.34. The van der Waals surface area contributed by atoms with Crippen molar-refractivity contribution in [2.45, 2.75) is 43.3 Å². The average molecular weight is 309 g/mol. The summed E-state index contributed by atoms with van der Waals surface area (Å²) < 4.78 is 62.5. The Hall–Kier alpha value is -1.08. The van der Waals surface area contributed by atoms with Crippen molar-refractivity contribution in [1.29, 1.82) is 0 Å². The second-order valence-corrected chi connectivity index (χ2v) is 6.70. The summed E-state index contributed by atoms with van der Waals surface area (Å²) in [6.07, 6.45) is -3.24. The largest absolute Gasteiger partial charge is 0.417 e. The maximum Gasteiger partial charge on any atom is 0.417 e. The highest BCUT2D eigenvalue weighted by atomic mass is 32.2. The Bertz CT molecular complexity index is 541. The van der Waals surface area contributed by atoms with Gasteiger partial charge in [-0.1, -0.05) is 19.1 Å². The van der Waals surface area contributed by atoms with E-state index in [-0.39, 0.29) is 18.2 Å². The predicted molar refractivity (Wildman–Crippen MR) is 71.0 cm³/mol. The standard InChI is InChI=1S/C13H18F3NO2S/c1-2-10(17)6-5-9-20(18,19)12-8-4-3-7-11(12)13(14,15)16/h3-4,7-8,10H,2,5-6,9,17H2,1H3. The van der Waals surface area contributed by atoms with E-state index in [1.807, 2.05) is 6.92 Å². The van der Waals surface area contributed by atoms with Gasteiger partial charge < -0.3 is 5.73 Å². The Morgan fingerprint density at radius 2 is 1.85 bits per heavy atom. The quantitative estimate of drug-likeness (QED) is 0.878. The second-order valence-electron chi connectivity index (χ2n) is 4.62. The zero-order chi connectivity index (χ0) is 15.4. The number of rotatable bonds is 6. The molecule has 1 aromatic carbocycles. The van der Waals surface area contributed by atoms with Crippen LogP contribution in [0.25, 0.3) is 0 Å². The summed E-state index contributed by atoms with van der Waals surface area (Å²) >= 11 is 0. The van der Waals surface area contributed by atoms with Gasteiger partial charge in [0.1, 0.15) is 0 Å². The molecule has 0 aliphatic carbocycles. The van der Waals surface area contributed by atoms with Crippen molar-refractivity contribution in [3.05, 3.63) is 29.8 Å². The van der Waals surface area contributed by atoms with Crippen molar-refractivity contribution in [3.8, 4) is 0 Å². The van der Waals surface area contributed by atoms with E-state index in [0.717, 1.165) is 12.1 Å². The summed E-state index contributed by atoms with van der Waals surface area (Å²) in [5.41, 5.74) is 4.55. The third kappa shape index (κ3) is 4.49. The molecule has 0 radical (unpaired) electrons. The summed E-state index contributed by atoms with van der Waals surface area (Å²) in [6, 6.07) is 4.13. The average Bonchev–Trinajstić information content (AvgIpc) is 2.37. The van der Waals surface area contributed by atoms with Crippen molar-refractivity contribution in [1.82, 2.24) is 0 Å². The van der Waals surface area contributed by atoms with Crippen molar-refractivity contribution in [2.75, 3.05) is 5.75 Å². The van der Waals surface area contributed by atoms with E-state index in [4.69, 9.17) is 5.73 Å². The first-order chi connectivity index (χ1) is 9.18. The van der Waals surface area contributed by atoms with Gasteiger partial charge in [-0.2, -0.15) is 13.2 Å². The predicted octanol–water partition coefficient (Wildman–Crippen LogP) is 3.00. The van der Waals surface area contributed by atoms with E-state index in [1.165, 1.54) is 12.1 Å². The van der Waals surface area contributed by atoms with Gasteiger partial charge in [0, 0.05) is 6.04 Å². The molecule has 0 spiro atoms. The molecule has 1 unspecified atom stereocenters. The fourth-order valence-electron chi connectivity index (χ4n) is 1.82. The molecule has 0 aliphatic heterocycles. The number of sulfone groups is 1. The van der Waals surface area contributed by atoms with Gasteiger partial charge in [-0.25, -0.2) is 8.42 Å². The zero-order valence-electron chi connectivity index (χ0n) is 11.2. The number of benzene rings is 1. The van der Waals surface area contributed by atoms with Gasteiger partial charge in [0.25, 0.3) is 0 Å². The molecule has 7 heteroatoms. The highest BCUT2D eigenvalue weighted by Gasteiger charge is 2.36. The molecule has 0 aliphatic rings. The lowest BCUT2D eigenvalue weighted by molar-refractivity contribution is -0.139. The van der Waals surface area contributed by atoms with Crippen molar-refractivity contribution in [3.63, 3.8) is 0 Å². The van der Waals surface area contributed by atoms with Crippen LogP contribution in [0.4, 0.5) is 13.2 Å². The Morgan fingerprint density at radius 1 is 1.25 bits per heavy atom. The molecule has 0 aromatic heterocycles. The molecule has 2 N–H and O–H groups in total. The molecular formula is C13H18F3NO2S. The molecule has 0 saturated heterocycles. The number of halogens is 3. The Balaban J connectivity index is 2.94. The summed E-state index contributed by atoms with van der Waals surface area (Å²) in [5.74, 6) is -0.326. The molecule has 0 bridgehead atoms. The van der Waals surface area contributed by atoms with Crippen molar-refractivity contribution in [2.24, 2.45) is 5.73 Å². The van der Waals surface area contributed by atoms with Crippen LogP contribution in [0, 0.1) is 0 Å². The molecule has 1 atom stereocenters. The van der Waals surface area contributed by atoms with Gasteiger partial charge in [0.2, 0.25) is 0 Å². The molecule has 1 aromatic rings.